The molecule has 2 aromatic heterocycles. The molecule has 18 nitrogen and oxygen atoms in total. The molecule has 0 spiro atoms. The number of hydrogen-bond donors (Lipinski definition) is 3. The molecule has 3 saturated heterocycles. The summed E-state index contributed by atoms with van der Waals surface area (Å²) < 4.78 is 82.1. The topological polar surface area (TPSA) is 199 Å². The highest BCUT2D eigenvalue weighted by molar-refractivity contribution is 7.95. The van der Waals surface area contributed by atoms with Gasteiger partial charge in [-0.15, -0.1) is 0 Å². The third-order valence-electron chi connectivity index (χ3n) is 9.82. The van der Waals surface area contributed by atoms with Gasteiger partial charge >= 0.3 is 11.4 Å². The van der Waals surface area contributed by atoms with Gasteiger partial charge in [0.25, 0.3) is 19.6 Å². The number of nitrogens with zero attached hydrogens (tertiary/aromatic N) is 3. The third kappa shape index (κ3) is 16.2. The van der Waals surface area contributed by atoms with Gasteiger partial charge in [-0.2, -0.15) is 0 Å². The number of hydrogen-bond acceptors (Lipinski definition) is 16. The first-order valence-electron chi connectivity index (χ1n) is 22.9. The molecule has 0 aromatic carbocycles. The Hall–Kier alpha value is -1.35. The molecule has 0 saturated carbocycles. The molecule has 8 unspecified atom stereocenters. The number of aromatic amines is 2. The van der Waals surface area contributed by atoms with E-state index < -0.39 is 79.6 Å². The summed E-state index contributed by atoms with van der Waals surface area (Å²) in [5, 5.41) is 3.37. The maximum atomic E-state index is 12.4. The van der Waals surface area contributed by atoms with Gasteiger partial charge in [0.15, 0.2) is 8.38 Å². The summed E-state index contributed by atoms with van der Waals surface area (Å²) in [5.74, 6) is 0. The molecule has 3 fully saturated rings. The van der Waals surface area contributed by atoms with Crippen LogP contribution in [0.2, 0.25) is 0 Å². The molecule has 0 radical (unpaired) electrons. The molecule has 3 N–H and O–H groups in total. The zero-order chi connectivity index (χ0) is 48.0. The number of nitrogens with one attached hydrogen (secondary N) is 3. The Labute approximate surface area is 377 Å². The van der Waals surface area contributed by atoms with Crippen molar-refractivity contribution in [1.29, 1.82) is 5.34 Å². The van der Waals surface area contributed by atoms with E-state index in [0.717, 1.165) is 50.0 Å². The fourth-order valence-electron chi connectivity index (χ4n) is 6.60. The highest BCUT2D eigenvalue weighted by atomic mass is 32.2. The predicted molar refractivity (Wildman–Crippen MR) is 248 cm³/mol. The van der Waals surface area contributed by atoms with Crippen LogP contribution in [0.5, 0.6) is 0 Å². The van der Waals surface area contributed by atoms with Gasteiger partial charge in [0.1, 0.15) is 40.2 Å². The van der Waals surface area contributed by atoms with Crippen LogP contribution < -0.4 is 27.8 Å². The van der Waals surface area contributed by atoms with Crippen molar-refractivity contribution in [3.63, 3.8) is 0 Å². The Morgan fingerprint density at radius 3 is 2.02 bits per heavy atom. The smallest absolute Gasteiger partial charge is 0.330 e. The van der Waals surface area contributed by atoms with Gasteiger partial charge in [-0.25, -0.2) is 14.3 Å². The van der Waals surface area contributed by atoms with Gasteiger partial charge in [0, 0.05) is 61.7 Å². The SMILES string of the molecule is [2H]B([3H])CSOCC1OC(n2cc(C)c(=O)[nH]c2=O)CC1OP1O[C@@H](C)CCN1C(C)C.[2H]B([3H])CSOCC1OC(n2cc(C)c(=O)[nH]c2=O)CC1O[P@](C)OC(C)CCNC(C)C. The number of aromatic nitrogens is 4. The van der Waals surface area contributed by atoms with Crippen molar-refractivity contribution in [2.45, 2.75) is 142 Å². The van der Waals surface area contributed by atoms with Crippen molar-refractivity contribution in [3.05, 3.63) is 65.2 Å². The molecule has 0 aliphatic carbocycles. The van der Waals surface area contributed by atoms with Crippen LogP contribution in [0.1, 0.15) is 90.8 Å². The van der Waals surface area contributed by atoms with Gasteiger partial charge in [-0.05, 0) is 102 Å². The van der Waals surface area contributed by atoms with Gasteiger partial charge in [-0.1, -0.05) is 13.8 Å². The van der Waals surface area contributed by atoms with E-state index in [4.69, 9.17) is 41.3 Å². The average Bonchev–Trinajstić information content (AvgIpc) is 3.80. The molecule has 24 heteroatoms. The highest BCUT2D eigenvalue weighted by Crippen LogP contribution is 2.52. The Balaban J connectivity index is 0.000000285. The second-order valence-corrected chi connectivity index (χ2v) is 19.9. The lowest BCUT2D eigenvalue weighted by Crippen LogP contribution is -2.38. The van der Waals surface area contributed by atoms with Crippen LogP contribution in [-0.2, 0) is 35.9 Å². The number of rotatable bonds is 23. The van der Waals surface area contributed by atoms with Crippen LogP contribution in [-0.4, -0.2) is 138 Å². The van der Waals surface area contributed by atoms with Crippen molar-refractivity contribution < 1.29 is 35.9 Å². The minimum atomic E-state index is -1.30. The van der Waals surface area contributed by atoms with Crippen molar-refractivity contribution in [2.24, 2.45) is 0 Å². The number of ether oxygens (including phenoxy) is 2. The Morgan fingerprint density at radius 2 is 1.49 bits per heavy atom. The normalized spacial score (nSPS) is 27.5. The summed E-state index contributed by atoms with van der Waals surface area (Å²) in [5.41, 5.74) is -0.674. The zero-order valence-corrected chi connectivity index (χ0v) is 40.0. The van der Waals surface area contributed by atoms with E-state index >= 15 is 0 Å². The Kier molecular flexibility index (Phi) is 19.7. The lowest BCUT2D eigenvalue weighted by Gasteiger charge is -2.40. The molecule has 3 aliphatic rings. The van der Waals surface area contributed by atoms with Crippen LogP contribution in [0.25, 0.3) is 0 Å². The van der Waals surface area contributed by atoms with Crippen LogP contribution >= 0.6 is 41.0 Å². The second-order valence-electron chi connectivity index (χ2n) is 15.6. The third-order valence-corrected chi connectivity index (χ3v) is 14.0. The second kappa shape index (κ2) is 26.0. The predicted octanol–water partition coefficient (Wildman–Crippen LogP) is 3.03. The van der Waals surface area contributed by atoms with Crippen molar-refractivity contribution in [3.8, 4) is 0 Å². The van der Waals surface area contributed by atoms with Crippen LogP contribution in [0.3, 0.4) is 0 Å². The van der Waals surface area contributed by atoms with E-state index in [-0.39, 0.29) is 55.0 Å². The Bertz CT molecular complexity index is 2000. The first-order valence-corrected chi connectivity index (χ1v) is 25.1. The maximum Gasteiger partial charge on any atom is 0.330 e. The minimum absolute atomic E-state index is 0.0197. The summed E-state index contributed by atoms with van der Waals surface area (Å²) in [4.78, 5) is 52.8. The lowest BCUT2D eigenvalue weighted by molar-refractivity contribution is -0.0377. The quantitative estimate of drug-likeness (QED) is 0.0636. The first kappa shape index (κ1) is 46.2. The van der Waals surface area contributed by atoms with Gasteiger partial charge in [0.2, 0.25) is 0 Å². The van der Waals surface area contributed by atoms with Gasteiger partial charge < -0.3 is 41.3 Å². The van der Waals surface area contributed by atoms with Crippen molar-refractivity contribution in [1.82, 2.24) is 29.1 Å². The first-order chi connectivity index (χ1) is 30.7. The summed E-state index contributed by atoms with van der Waals surface area (Å²) >= 11 is 2.08. The average molecular weight is 941 g/mol. The monoisotopic (exact) mass is 940 g/mol. The van der Waals surface area contributed by atoms with E-state index in [2.05, 4.69) is 47.7 Å². The fraction of sp³-hybridized carbons (Fsp3) is 0.784. The maximum absolute atomic E-state index is 12.4. The molecule has 3 aliphatic heterocycles. The molecule has 10 atom stereocenters. The standard InChI is InChI=1S/C19H35BN3O6PS.C18H31BN3O6PS/c1-12(2)21-7-6-14(4)28-30(5)29-15-8-17(27-16(15)10-26-31-11-20)23-9-13(3)18(24)22-19(23)25;1-11(2)22-6-5-13(4)27-29(22)28-14-7-16(26-15(14)9-25-30-10-19)21-8-12(3)17(23)20-18(21)24/h9,12,14-17,21H,6-8,10-11,20H2,1-5H3,(H,22,24,25);8,11,13-16H,5-7,9-10,19H2,1-4H3,(H,20,23,24)/t14?,15?,16?,17?,30-;13-,14?,15?,16?,29?/m10/s1/i20TD;19TD. The van der Waals surface area contributed by atoms with Crippen molar-refractivity contribution in [2.75, 3.05) is 44.3 Å². The summed E-state index contributed by atoms with van der Waals surface area (Å²) in [6.07, 6.45) is 2.72. The Morgan fingerprint density at radius 1 is 0.951 bits per heavy atom. The summed E-state index contributed by atoms with van der Waals surface area (Å²) in [6, 6.07) is 0.677. The van der Waals surface area contributed by atoms with Gasteiger partial charge in [-0.3, -0.25) is 28.7 Å². The minimum Gasteiger partial charge on any atom is -0.349 e. The van der Waals surface area contributed by atoms with Crippen molar-refractivity contribution >= 4 is 56.5 Å². The van der Waals surface area contributed by atoms with Crippen LogP contribution in [0, 0.1) is 13.8 Å². The summed E-state index contributed by atoms with van der Waals surface area (Å²) in [6.45, 7) is 19.7. The molecule has 0 bridgehead atoms. The highest BCUT2D eigenvalue weighted by Gasteiger charge is 2.43. The molecular weight excluding hydrogens is 868 g/mol. The number of H-pyrrole nitrogens is 2. The molecule has 344 valence electrons. The van der Waals surface area contributed by atoms with E-state index in [1.54, 1.807) is 13.8 Å². The van der Waals surface area contributed by atoms with Gasteiger partial charge in [0.05, 0.1) is 37.6 Å². The van der Waals surface area contributed by atoms with E-state index in [1.807, 2.05) is 20.5 Å². The lowest BCUT2D eigenvalue weighted by atomic mass is 10.2. The fourth-order valence-corrected chi connectivity index (χ4v) is 10.3. The molecule has 61 heavy (non-hydrogen) atoms. The summed E-state index contributed by atoms with van der Waals surface area (Å²) in [7, 11) is -4.46. The number of aryl methyl sites for hydroxylation is 2. The van der Waals surface area contributed by atoms with E-state index in [9.17, 15) is 19.2 Å². The zero-order valence-electron chi connectivity index (χ0n) is 40.6. The van der Waals surface area contributed by atoms with E-state index in [1.165, 1.54) is 21.5 Å². The van der Waals surface area contributed by atoms with Crippen LogP contribution in [0.4, 0.5) is 0 Å². The largest absolute Gasteiger partial charge is 0.349 e. The molecule has 0 amide bonds. The van der Waals surface area contributed by atoms with E-state index in [0.29, 0.717) is 30.0 Å². The molecule has 5 heterocycles. The molecule has 2 aromatic rings. The molecular formula is C37H66B2N6O12P2S2. The molecule has 5 rings (SSSR count). The van der Waals surface area contributed by atoms with Crippen LogP contribution in [0.15, 0.2) is 31.6 Å².